The smallest absolute Gasteiger partial charge is 0.128 e. The van der Waals surface area contributed by atoms with Gasteiger partial charge in [0, 0.05) is 30.3 Å². The van der Waals surface area contributed by atoms with Crippen molar-refractivity contribution in [1.29, 1.82) is 0 Å². The Balaban J connectivity index is 2.09. The van der Waals surface area contributed by atoms with E-state index in [0.717, 1.165) is 11.6 Å². The summed E-state index contributed by atoms with van der Waals surface area (Å²) in [6.45, 7) is 2.00. The Morgan fingerprint density at radius 2 is 2.27 bits per heavy atom. The second-order valence-electron chi connectivity index (χ2n) is 3.31. The van der Waals surface area contributed by atoms with Crippen LogP contribution in [0, 0.1) is 0 Å². The predicted octanol–water partition coefficient (Wildman–Crippen LogP) is 1.56. The molecule has 1 unspecified atom stereocenters. The lowest BCUT2D eigenvalue weighted by molar-refractivity contribution is 0.804. The second kappa shape index (κ2) is 4.00. The van der Waals surface area contributed by atoms with E-state index in [1.165, 1.54) is 0 Å². The molecule has 0 saturated heterocycles. The van der Waals surface area contributed by atoms with E-state index in [-0.39, 0.29) is 6.04 Å². The molecule has 0 aliphatic carbocycles. The van der Waals surface area contributed by atoms with Gasteiger partial charge in [-0.3, -0.25) is 0 Å². The van der Waals surface area contributed by atoms with Crippen LogP contribution in [0.5, 0.6) is 0 Å². The Bertz CT molecular complexity index is 423. The molecule has 0 fully saturated rings. The Labute approximate surface area is 87.8 Å². The minimum Gasteiger partial charge on any atom is -0.399 e. The highest BCUT2D eigenvalue weighted by molar-refractivity contribution is 5.48. The van der Waals surface area contributed by atoms with E-state index in [9.17, 15) is 0 Å². The zero-order valence-electron chi connectivity index (χ0n) is 8.44. The van der Waals surface area contributed by atoms with Gasteiger partial charge < -0.3 is 16.0 Å². The number of anilines is 2. The highest BCUT2D eigenvalue weighted by Crippen LogP contribution is 2.15. The predicted molar refractivity (Wildman–Crippen MR) is 59.3 cm³/mol. The lowest BCUT2D eigenvalue weighted by atomic mass is 10.3. The molecular weight excluding hydrogens is 190 g/mol. The topological polar surface area (TPSA) is 79.6 Å². The molecule has 5 nitrogen and oxygen atoms in total. The summed E-state index contributed by atoms with van der Waals surface area (Å²) in [5.74, 6) is 1.62. The number of imidazole rings is 1. The minimum absolute atomic E-state index is 0.0781. The minimum atomic E-state index is 0.0781. The molecule has 0 aliphatic heterocycles. The molecule has 0 saturated carbocycles. The van der Waals surface area contributed by atoms with Crippen LogP contribution in [-0.4, -0.2) is 15.0 Å². The van der Waals surface area contributed by atoms with Crippen LogP contribution in [0.15, 0.2) is 30.7 Å². The first-order valence-corrected chi connectivity index (χ1v) is 4.73. The van der Waals surface area contributed by atoms with Gasteiger partial charge in [0.15, 0.2) is 0 Å². The molecule has 2 aromatic heterocycles. The Kier molecular flexibility index (Phi) is 2.53. The fourth-order valence-corrected chi connectivity index (χ4v) is 1.33. The van der Waals surface area contributed by atoms with Crippen molar-refractivity contribution in [2.75, 3.05) is 11.1 Å². The summed E-state index contributed by atoms with van der Waals surface area (Å²) in [6, 6.07) is 3.62. The summed E-state index contributed by atoms with van der Waals surface area (Å²) in [7, 11) is 0. The highest BCUT2D eigenvalue weighted by atomic mass is 15.1. The first-order valence-electron chi connectivity index (χ1n) is 4.73. The average Bonchev–Trinajstić information content (AvgIpc) is 2.70. The van der Waals surface area contributed by atoms with Crippen LogP contribution in [0.25, 0.3) is 0 Å². The number of nitrogens with zero attached hydrogens (tertiary/aromatic N) is 2. The van der Waals surface area contributed by atoms with Gasteiger partial charge in [-0.2, -0.15) is 0 Å². The summed E-state index contributed by atoms with van der Waals surface area (Å²) in [5.41, 5.74) is 6.34. The van der Waals surface area contributed by atoms with Crippen molar-refractivity contribution in [1.82, 2.24) is 15.0 Å². The maximum Gasteiger partial charge on any atom is 0.128 e. The number of nitrogen functional groups attached to an aromatic ring is 1. The molecule has 1 atom stereocenters. The molecule has 2 rings (SSSR count). The lowest BCUT2D eigenvalue weighted by Gasteiger charge is -2.11. The van der Waals surface area contributed by atoms with Gasteiger partial charge in [-0.15, -0.1) is 0 Å². The average molecular weight is 203 g/mol. The highest BCUT2D eigenvalue weighted by Gasteiger charge is 2.07. The Morgan fingerprint density at radius 1 is 1.40 bits per heavy atom. The Hall–Kier alpha value is -2.04. The number of nitrogens with one attached hydrogen (secondary N) is 2. The van der Waals surface area contributed by atoms with Crippen molar-refractivity contribution in [3.8, 4) is 0 Å². The second-order valence-corrected chi connectivity index (χ2v) is 3.31. The van der Waals surface area contributed by atoms with Crippen molar-refractivity contribution < 1.29 is 0 Å². The van der Waals surface area contributed by atoms with Crippen molar-refractivity contribution in [2.24, 2.45) is 0 Å². The van der Waals surface area contributed by atoms with Gasteiger partial charge >= 0.3 is 0 Å². The molecule has 0 spiro atoms. The van der Waals surface area contributed by atoms with Gasteiger partial charge in [-0.25, -0.2) is 9.97 Å². The van der Waals surface area contributed by atoms with E-state index >= 15 is 0 Å². The molecule has 0 aliphatic rings. The van der Waals surface area contributed by atoms with Gasteiger partial charge in [0.05, 0.1) is 6.04 Å². The third-order valence-corrected chi connectivity index (χ3v) is 2.08. The van der Waals surface area contributed by atoms with E-state index in [1.807, 2.05) is 6.92 Å². The van der Waals surface area contributed by atoms with E-state index in [1.54, 1.807) is 30.7 Å². The zero-order valence-corrected chi connectivity index (χ0v) is 8.44. The third-order valence-electron chi connectivity index (χ3n) is 2.08. The van der Waals surface area contributed by atoms with Crippen LogP contribution in [0.2, 0.25) is 0 Å². The van der Waals surface area contributed by atoms with E-state index < -0.39 is 0 Å². The van der Waals surface area contributed by atoms with Gasteiger partial charge in [-0.05, 0) is 13.0 Å². The summed E-state index contributed by atoms with van der Waals surface area (Å²) < 4.78 is 0. The number of hydrogen-bond donors (Lipinski definition) is 3. The first kappa shape index (κ1) is 9.51. The third kappa shape index (κ3) is 2.25. The van der Waals surface area contributed by atoms with Crippen molar-refractivity contribution >= 4 is 11.5 Å². The molecule has 2 heterocycles. The van der Waals surface area contributed by atoms with Crippen LogP contribution in [-0.2, 0) is 0 Å². The lowest BCUT2D eigenvalue weighted by Crippen LogP contribution is -2.09. The van der Waals surface area contributed by atoms with Crippen molar-refractivity contribution in [3.05, 3.63) is 36.5 Å². The molecule has 15 heavy (non-hydrogen) atoms. The van der Waals surface area contributed by atoms with Gasteiger partial charge in [0.2, 0.25) is 0 Å². The van der Waals surface area contributed by atoms with Crippen LogP contribution < -0.4 is 11.1 Å². The summed E-state index contributed by atoms with van der Waals surface area (Å²) in [5, 5.41) is 3.20. The quantitative estimate of drug-likeness (QED) is 0.707. The van der Waals surface area contributed by atoms with Gasteiger partial charge in [-0.1, -0.05) is 0 Å². The number of aromatic nitrogens is 3. The van der Waals surface area contributed by atoms with Crippen molar-refractivity contribution in [3.63, 3.8) is 0 Å². The molecule has 0 radical (unpaired) electrons. The van der Waals surface area contributed by atoms with Crippen molar-refractivity contribution in [2.45, 2.75) is 13.0 Å². The largest absolute Gasteiger partial charge is 0.399 e. The molecule has 0 amide bonds. The monoisotopic (exact) mass is 203 g/mol. The summed E-state index contributed by atoms with van der Waals surface area (Å²) in [6.07, 6.45) is 5.19. The molecule has 2 aromatic rings. The number of rotatable bonds is 3. The molecule has 78 valence electrons. The standard InChI is InChI=1S/C10H13N5/c1-7(10-13-4-5-14-10)15-9-6-8(11)2-3-12-9/h2-7H,1H3,(H,13,14)(H3,11,12,15). The molecular formula is C10H13N5. The SMILES string of the molecule is CC(Nc1cc(N)ccn1)c1ncc[nH]1. The first-order chi connectivity index (χ1) is 7.25. The molecule has 5 heteroatoms. The normalized spacial score (nSPS) is 12.3. The van der Waals surface area contributed by atoms with E-state index in [4.69, 9.17) is 5.73 Å². The summed E-state index contributed by atoms with van der Waals surface area (Å²) >= 11 is 0. The van der Waals surface area contributed by atoms with Crippen LogP contribution >= 0.6 is 0 Å². The Morgan fingerprint density at radius 3 is 2.93 bits per heavy atom. The molecule has 0 aromatic carbocycles. The molecule has 4 N–H and O–H groups in total. The number of nitrogens with two attached hydrogens (primary N) is 1. The number of pyridine rings is 1. The van der Waals surface area contributed by atoms with Gasteiger partial charge in [0.25, 0.3) is 0 Å². The van der Waals surface area contributed by atoms with Gasteiger partial charge in [0.1, 0.15) is 11.6 Å². The maximum atomic E-state index is 5.65. The van der Waals surface area contributed by atoms with Crippen LogP contribution in [0.4, 0.5) is 11.5 Å². The maximum absolute atomic E-state index is 5.65. The fraction of sp³-hybridized carbons (Fsp3) is 0.200. The fourth-order valence-electron chi connectivity index (χ4n) is 1.33. The number of H-pyrrole nitrogens is 1. The van der Waals surface area contributed by atoms with E-state index in [2.05, 4.69) is 20.3 Å². The van der Waals surface area contributed by atoms with Crippen LogP contribution in [0.1, 0.15) is 18.8 Å². The van der Waals surface area contributed by atoms with E-state index in [0.29, 0.717) is 5.69 Å². The van der Waals surface area contributed by atoms with Crippen LogP contribution in [0.3, 0.4) is 0 Å². The number of aromatic amines is 1. The molecule has 0 bridgehead atoms. The summed E-state index contributed by atoms with van der Waals surface area (Å²) in [4.78, 5) is 11.4. The zero-order chi connectivity index (χ0) is 10.7. The number of hydrogen-bond acceptors (Lipinski definition) is 4.